The summed E-state index contributed by atoms with van der Waals surface area (Å²) in [7, 11) is -3.76. The highest BCUT2D eigenvalue weighted by Gasteiger charge is 2.12. The van der Waals surface area contributed by atoms with Crippen molar-refractivity contribution in [1.82, 2.24) is 0 Å². The van der Waals surface area contributed by atoms with Crippen LogP contribution in [0.3, 0.4) is 0 Å². The Labute approximate surface area is 126 Å². The molecule has 2 aromatic rings. The van der Waals surface area contributed by atoms with Gasteiger partial charge in [0.05, 0.1) is 10.5 Å². The van der Waals surface area contributed by atoms with Gasteiger partial charge in [0, 0.05) is 22.5 Å². The van der Waals surface area contributed by atoms with Crippen LogP contribution in [-0.2, 0) is 16.6 Å². The molecule has 0 unspecified atom stereocenters. The van der Waals surface area contributed by atoms with E-state index in [9.17, 15) is 13.2 Å². The van der Waals surface area contributed by atoms with Crippen molar-refractivity contribution in [3.63, 3.8) is 0 Å². The van der Waals surface area contributed by atoms with E-state index in [1.54, 1.807) is 30.5 Å². The molecule has 8 heteroatoms. The lowest BCUT2D eigenvalue weighted by molar-refractivity contribution is 0.0697. The molecule has 0 bridgehead atoms. The Morgan fingerprint density at radius 3 is 2.67 bits per heavy atom. The Morgan fingerprint density at radius 2 is 2.10 bits per heavy atom. The number of carbonyl (C=O) groups is 1. The van der Waals surface area contributed by atoms with Gasteiger partial charge in [0.2, 0.25) is 10.0 Å². The number of anilines is 1. The monoisotopic (exact) mass is 326 g/mol. The standard InChI is InChI=1S/C13H14N2O4S2/c1-8-2-3-10(5-12(8)21(14,18)19)15-6-11-4-9(7-20-11)13(16)17/h2-5,7,15H,6H2,1H3,(H,16,17)(H2,14,18,19). The van der Waals surface area contributed by atoms with Gasteiger partial charge in [0.25, 0.3) is 0 Å². The normalized spacial score (nSPS) is 11.3. The molecule has 6 nitrogen and oxygen atoms in total. The Balaban J connectivity index is 2.15. The number of benzene rings is 1. The summed E-state index contributed by atoms with van der Waals surface area (Å²) in [6.07, 6.45) is 0. The molecule has 1 aromatic heterocycles. The number of thiophene rings is 1. The Hall–Kier alpha value is -1.90. The van der Waals surface area contributed by atoms with Crippen LogP contribution in [0.5, 0.6) is 0 Å². The molecular formula is C13H14N2O4S2. The highest BCUT2D eigenvalue weighted by atomic mass is 32.2. The predicted octanol–water partition coefficient (Wildman–Crippen LogP) is 2.01. The van der Waals surface area contributed by atoms with Crippen molar-refractivity contribution in [3.8, 4) is 0 Å². The summed E-state index contributed by atoms with van der Waals surface area (Å²) in [5, 5.41) is 18.6. The number of hydrogen-bond acceptors (Lipinski definition) is 5. The second-order valence-corrected chi connectivity index (χ2v) is 7.01. The third-order valence-corrected chi connectivity index (χ3v) is 4.85. The average Bonchev–Trinajstić information content (AvgIpc) is 2.85. The minimum atomic E-state index is -3.76. The zero-order chi connectivity index (χ0) is 15.6. The molecule has 0 fully saturated rings. The maximum Gasteiger partial charge on any atom is 0.336 e. The van der Waals surface area contributed by atoms with Crippen LogP contribution in [0.25, 0.3) is 0 Å². The van der Waals surface area contributed by atoms with Gasteiger partial charge in [0.1, 0.15) is 0 Å². The third-order valence-electron chi connectivity index (χ3n) is 2.86. The minimum absolute atomic E-state index is 0.0740. The maximum absolute atomic E-state index is 11.4. The molecule has 1 heterocycles. The fourth-order valence-electron chi connectivity index (χ4n) is 1.79. The molecule has 112 valence electrons. The molecule has 0 atom stereocenters. The van der Waals surface area contributed by atoms with Gasteiger partial charge < -0.3 is 10.4 Å². The van der Waals surface area contributed by atoms with Crippen LogP contribution in [-0.4, -0.2) is 19.5 Å². The van der Waals surface area contributed by atoms with E-state index in [4.69, 9.17) is 10.2 Å². The van der Waals surface area contributed by atoms with E-state index < -0.39 is 16.0 Å². The van der Waals surface area contributed by atoms with Gasteiger partial charge in [-0.3, -0.25) is 0 Å². The molecule has 0 spiro atoms. The van der Waals surface area contributed by atoms with Crippen LogP contribution < -0.4 is 10.5 Å². The molecule has 0 aliphatic carbocycles. The lowest BCUT2D eigenvalue weighted by Gasteiger charge is -2.09. The Bertz CT molecular complexity index is 781. The van der Waals surface area contributed by atoms with Crippen LogP contribution in [0.2, 0.25) is 0 Å². The summed E-state index contributed by atoms with van der Waals surface area (Å²) in [6, 6.07) is 6.46. The minimum Gasteiger partial charge on any atom is -0.478 e. The van der Waals surface area contributed by atoms with Crippen LogP contribution >= 0.6 is 11.3 Å². The van der Waals surface area contributed by atoms with E-state index in [0.717, 1.165) is 4.88 Å². The fraction of sp³-hybridized carbons (Fsp3) is 0.154. The lowest BCUT2D eigenvalue weighted by atomic mass is 10.2. The second-order valence-electron chi connectivity index (χ2n) is 4.49. The first-order chi connectivity index (χ1) is 9.77. The van der Waals surface area contributed by atoms with Gasteiger partial charge in [0.15, 0.2) is 0 Å². The zero-order valence-corrected chi connectivity index (χ0v) is 12.8. The van der Waals surface area contributed by atoms with Gasteiger partial charge in [-0.15, -0.1) is 11.3 Å². The van der Waals surface area contributed by atoms with Gasteiger partial charge in [-0.05, 0) is 30.7 Å². The van der Waals surface area contributed by atoms with E-state index >= 15 is 0 Å². The van der Waals surface area contributed by atoms with E-state index in [-0.39, 0.29) is 10.5 Å². The number of nitrogens with two attached hydrogens (primary N) is 1. The molecule has 0 saturated heterocycles. The van der Waals surface area contributed by atoms with Crippen LogP contribution in [0.15, 0.2) is 34.5 Å². The smallest absolute Gasteiger partial charge is 0.336 e. The largest absolute Gasteiger partial charge is 0.478 e. The third kappa shape index (κ3) is 3.81. The summed E-state index contributed by atoms with van der Waals surface area (Å²) in [5.41, 5.74) is 1.42. The number of aromatic carboxylic acids is 1. The van der Waals surface area contributed by atoms with Crippen molar-refractivity contribution in [1.29, 1.82) is 0 Å². The number of primary sulfonamides is 1. The van der Waals surface area contributed by atoms with Crippen molar-refractivity contribution >= 4 is 33.0 Å². The Kier molecular flexibility index (Phi) is 4.31. The van der Waals surface area contributed by atoms with Crippen molar-refractivity contribution in [2.24, 2.45) is 5.14 Å². The van der Waals surface area contributed by atoms with Gasteiger partial charge in [-0.25, -0.2) is 18.4 Å². The maximum atomic E-state index is 11.4. The lowest BCUT2D eigenvalue weighted by Crippen LogP contribution is -2.14. The SMILES string of the molecule is Cc1ccc(NCc2cc(C(=O)O)cs2)cc1S(N)(=O)=O. The number of carboxylic acid groups (broad SMARTS) is 1. The molecule has 0 saturated carbocycles. The summed E-state index contributed by atoms with van der Waals surface area (Å²) in [6.45, 7) is 2.08. The van der Waals surface area contributed by atoms with Crippen LogP contribution in [0, 0.1) is 6.92 Å². The van der Waals surface area contributed by atoms with Crippen molar-refractivity contribution in [2.75, 3.05) is 5.32 Å². The van der Waals surface area contributed by atoms with E-state index in [1.165, 1.54) is 17.4 Å². The number of carboxylic acids is 1. The second kappa shape index (κ2) is 5.84. The molecule has 21 heavy (non-hydrogen) atoms. The quantitative estimate of drug-likeness (QED) is 0.778. The highest BCUT2D eigenvalue weighted by Crippen LogP contribution is 2.21. The number of hydrogen-bond donors (Lipinski definition) is 3. The fourth-order valence-corrected chi connectivity index (χ4v) is 3.40. The van der Waals surface area contributed by atoms with E-state index in [2.05, 4.69) is 5.32 Å². The number of rotatable bonds is 5. The molecular weight excluding hydrogens is 312 g/mol. The number of aryl methyl sites for hydroxylation is 1. The molecule has 0 amide bonds. The van der Waals surface area contributed by atoms with Gasteiger partial charge >= 0.3 is 5.97 Å². The number of sulfonamides is 1. The summed E-state index contributed by atoms with van der Waals surface area (Å²) >= 11 is 1.32. The highest BCUT2D eigenvalue weighted by molar-refractivity contribution is 7.89. The topological polar surface area (TPSA) is 109 Å². The van der Waals surface area contributed by atoms with Crippen LogP contribution in [0.4, 0.5) is 5.69 Å². The van der Waals surface area contributed by atoms with Gasteiger partial charge in [-0.2, -0.15) is 0 Å². The van der Waals surface area contributed by atoms with E-state index in [0.29, 0.717) is 17.8 Å². The molecule has 4 N–H and O–H groups in total. The average molecular weight is 326 g/mol. The first kappa shape index (κ1) is 15.5. The summed E-state index contributed by atoms with van der Waals surface area (Å²) in [5.74, 6) is -0.968. The zero-order valence-electron chi connectivity index (χ0n) is 11.2. The summed E-state index contributed by atoms with van der Waals surface area (Å²) < 4.78 is 22.9. The Morgan fingerprint density at radius 1 is 1.38 bits per heavy atom. The predicted molar refractivity (Wildman–Crippen MR) is 81.2 cm³/mol. The molecule has 0 aliphatic rings. The van der Waals surface area contributed by atoms with E-state index in [1.807, 2.05) is 0 Å². The first-order valence-electron chi connectivity index (χ1n) is 5.95. The molecule has 2 rings (SSSR count). The van der Waals surface area contributed by atoms with Crippen molar-refractivity contribution in [3.05, 3.63) is 45.6 Å². The number of nitrogens with one attached hydrogen (secondary N) is 1. The van der Waals surface area contributed by atoms with Crippen molar-refractivity contribution < 1.29 is 18.3 Å². The molecule has 0 radical (unpaired) electrons. The molecule has 0 aliphatic heterocycles. The van der Waals surface area contributed by atoms with Crippen LogP contribution in [0.1, 0.15) is 20.8 Å². The first-order valence-corrected chi connectivity index (χ1v) is 8.38. The van der Waals surface area contributed by atoms with Crippen molar-refractivity contribution in [2.45, 2.75) is 18.4 Å². The van der Waals surface area contributed by atoms with Gasteiger partial charge in [-0.1, -0.05) is 6.07 Å². The molecule has 1 aromatic carbocycles. The summed E-state index contributed by atoms with van der Waals surface area (Å²) in [4.78, 5) is 11.7.